The molecular weight excluding hydrogens is 336 g/mol. The number of nitrogens with zero attached hydrogens (tertiary/aromatic N) is 2. The highest BCUT2D eigenvalue weighted by atomic mass is 32.1. The molecule has 6 heteroatoms. The van der Waals surface area contributed by atoms with E-state index in [4.69, 9.17) is 9.47 Å². The summed E-state index contributed by atoms with van der Waals surface area (Å²) in [5.74, 6) is 0.443. The number of amides is 1. The Hall–Kier alpha value is -1.76. The Kier molecular flexibility index (Phi) is 4.83. The Balaban J connectivity index is 1.49. The minimum absolute atomic E-state index is 0.0366. The number of hydrogen-bond donors (Lipinski definition) is 0. The van der Waals surface area contributed by atoms with E-state index in [-0.39, 0.29) is 11.9 Å². The molecule has 25 heavy (non-hydrogen) atoms. The summed E-state index contributed by atoms with van der Waals surface area (Å²) in [6, 6.07) is 10.8. The first-order chi connectivity index (χ1) is 12.2. The van der Waals surface area contributed by atoms with Crippen LogP contribution in [0, 0.1) is 0 Å². The van der Waals surface area contributed by atoms with Crippen LogP contribution in [0.5, 0.6) is 0 Å². The predicted octanol–water partition coefficient (Wildman–Crippen LogP) is 3.60. The second-order valence-electron chi connectivity index (χ2n) is 6.57. The van der Waals surface area contributed by atoms with E-state index in [0.717, 1.165) is 24.3 Å². The van der Waals surface area contributed by atoms with Gasteiger partial charge < -0.3 is 14.4 Å². The Bertz CT molecular complexity index is 727. The minimum Gasteiger partial charge on any atom is -0.344 e. The lowest BCUT2D eigenvalue weighted by Crippen LogP contribution is -2.38. The maximum atomic E-state index is 13.0. The predicted molar refractivity (Wildman–Crippen MR) is 95.7 cm³/mol. The number of ether oxygens (including phenoxy) is 2. The molecule has 2 heterocycles. The number of aromatic nitrogens is 1. The molecule has 0 radical (unpaired) electrons. The third kappa shape index (κ3) is 3.34. The van der Waals surface area contributed by atoms with Gasteiger partial charge in [0.15, 0.2) is 0 Å². The molecule has 132 valence electrons. The highest BCUT2D eigenvalue weighted by Gasteiger charge is 2.34. The van der Waals surface area contributed by atoms with Gasteiger partial charge in [0.25, 0.3) is 5.91 Å². The number of thiazole rings is 1. The highest BCUT2D eigenvalue weighted by molar-refractivity contribution is 7.13. The maximum Gasteiger partial charge on any atom is 0.265 e. The van der Waals surface area contributed by atoms with Crippen molar-refractivity contribution < 1.29 is 14.3 Å². The summed E-state index contributed by atoms with van der Waals surface area (Å²) in [4.78, 5) is 19.8. The summed E-state index contributed by atoms with van der Waals surface area (Å²) >= 11 is 1.37. The quantitative estimate of drug-likeness (QED) is 0.838. The molecule has 2 aliphatic rings. The third-order valence-corrected chi connectivity index (χ3v) is 6.09. The van der Waals surface area contributed by atoms with Crippen molar-refractivity contribution in [1.29, 1.82) is 0 Å². The molecule has 4 rings (SSSR count). The SMILES string of the molecule is CN(C(=O)c1cnc(C2OCCO2)s1)C1CCCC1c1ccccc1. The van der Waals surface area contributed by atoms with Crippen LogP contribution >= 0.6 is 11.3 Å². The van der Waals surface area contributed by atoms with Crippen LogP contribution in [0.25, 0.3) is 0 Å². The molecule has 1 aliphatic carbocycles. The lowest BCUT2D eigenvalue weighted by atomic mass is 9.93. The molecule has 2 fully saturated rings. The molecule has 1 saturated heterocycles. The lowest BCUT2D eigenvalue weighted by molar-refractivity contribution is -0.0442. The van der Waals surface area contributed by atoms with Crippen molar-refractivity contribution in [1.82, 2.24) is 9.88 Å². The summed E-state index contributed by atoms with van der Waals surface area (Å²) < 4.78 is 10.9. The molecule has 2 aromatic rings. The fourth-order valence-electron chi connectivity index (χ4n) is 3.81. The summed E-state index contributed by atoms with van der Waals surface area (Å²) in [6.45, 7) is 1.16. The molecule has 0 N–H and O–H groups in total. The van der Waals surface area contributed by atoms with Crippen molar-refractivity contribution >= 4 is 17.2 Å². The van der Waals surface area contributed by atoms with Gasteiger partial charge in [-0.2, -0.15) is 0 Å². The molecule has 5 nitrogen and oxygen atoms in total. The normalized spacial score (nSPS) is 23.9. The van der Waals surface area contributed by atoms with Gasteiger partial charge in [0.1, 0.15) is 9.88 Å². The molecule has 2 atom stereocenters. The molecule has 1 aromatic carbocycles. The summed E-state index contributed by atoms with van der Waals surface area (Å²) in [6.07, 6.45) is 4.56. The molecular formula is C19H22N2O3S. The van der Waals surface area contributed by atoms with Gasteiger partial charge in [0, 0.05) is 19.0 Å². The van der Waals surface area contributed by atoms with Crippen LogP contribution in [0.2, 0.25) is 0 Å². The van der Waals surface area contributed by atoms with E-state index in [1.165, 1.54) is 16.9 Å². The Labute approximate surface area is 151 Å². The van der Waals surface area contributed by atoms with Crippen molar-refractivity contribution in [2.24, 2.45) is 0 Å². The lowest BCUT2D eigenvalue weighted by Gasteiger charge is -2.29. The van der Waals surface area contributed by atoms with E-state index in [1.54, 1.807) is 6.20 Å². The van der Waals surface area contributed by atoms with E-state index < -0.39 is 6.29 Å². The van der Waals surface area contributed by atoms with E-state index in [0.29, 0.717) is 24.0 Å². The van der Waals surface area contributed by atoms with Gasteiger partial charge in [-0.1, -0.05) is 36.8 Å². The van der Waals surface area contributed by atoms with E-state index >= 15 is 0 Å². The van der Waals surface area contributed by atoms with E-state index in [2.05, 4.69) is 29.2 Å². The molecule has 0 bridgehead atoms. The first-order valence-corrected chi connectivity index (χ1v) is 9.56. The second kappa shape index (κ2) is 7.23. The number of carbonyl (C=O) groups excluding carboxylic acids is 1. The van der Waals surface area contributed by atoms with Gasteiger partial charge in [0.05, 0.1) is 19.4 Å². The van der Waals surface area contributed by atoms with Crippen molar-refractivity contribution in [2.75, 3.05) is 20.3 Å². The van der Waals surface area contributed by atoms with E-state index in [9.17, 15) is 4.79 Å². The third-order valence-electron chi connectivity index (χ3n) is 5.08. The smallest absolute Gasteiger partial charge is 0.265 e. The van der Waals surface area contributed by atoms with Gasteiger partial charge in [-0.05, 0) is 18.4 Å². The van der Waals surface area contributed by atoms with Crippen LogP contribution in [-0.4, -0.2) is 42.1 Å². The topological polar surface area (TPSA) is 51.7 Å². The van der Waals surface area contributed by atoms with Crippen LogP contribution < -0.4 is 0 Å². The van der Waals surface area contributed by atoms with Crippen LogP contribution in [0.15, 0.2) is 36.5 Å². The fraction of sp³-hybridized carbons (Fsp3) is 0.474. The standard InChI is InChI=1S/C19H22N2O3S/c1-21(15-9-5-8-14(15)13-6-3-2-4-7-13)18(22)16-12-20-17(25-16)19-23-10-11-24-19/h2-4,6-7,12,14-15,19H,5,8-11H2,1H3. The number of rotatable bonds is 4. The molecule has 1 saturated carbocycles. The Morgan fingerprint density at radius 1 is 1.20 bits per heavy atom. The van der Waals surface area contributed by atoms with Crippen LogP contribution in [0.3, 0.4) is 0 Å². The van der Waals surface area contributed by atoms with Crippen molar-refractivity contribution in [3.05, 3.63) is 52.0 Å². The summed E-state index contributed by atoms with van der Waals surface area (Å²) in [5.41, 5.74) is 1.32. The number of carbonyl (C=O) groups is 1. The van der Waals surface area contributed by atoms with Crippen molar-refractivity contribution in [3.63, 3.8) is 0 Å². The largest absolute Gasteiger partial charge is 0.344 e. The minimum atomic E-state index is -0.416. The zero-order chi connectivity index (χ0) is 17.2. The number of likely N-dealkylation sites (N-methyl/N-ethyl adjacent to an activating group) is 1. The van der Waals surface area contributed by atoms with Gasteiger partial charge in [0.2, 0.25) is 6.29 Å². The van der Waals surface area contributed by atoms with Gasteiger partial charge >= 0.3 is 0 Å². The monoisotopic (exact) mass is 358 g/mol. The van der Waals surface area contributed by atoms with Crippen LogP contribution in [0.4, 0.5) is 0 Å². The second-order valence-corrected chi connectivity index (χ2v) is 7.63. The number of benzene rings is 1. The van der Waals surface area contributed by atoms with Crippen LogP contribution in [-0.2, 0) is 9.47 Å². The zero-order valence-corrected chi connectivity index (χ0v) is 15.1. The van der Waals surface area contributed by atoms with Gasteiger partial charge in [-0.25, -0.2) is 4.98 Å². The summed E-state index contributed by atoms with van der Waals surface area (Å²) in [5, 5.41) is 0.722. The Morgan fingerprint density at radius 3 is 2.72 bits per heavy atom. The molecule has 2 unspecified atom stereocenters. The average Bonchev–Trinajstić information content (AvgIpc) is 3.41. The number of hydrogen-bond acceptors (Lipinski definition) is 5. The molecule has 0 spiro atoms. The first-order valence-electron chi connectivity index (χ1n) is 8.75. The molecule has 1 aromatic heterocycles. The van der Waals surface area contributed by atoms with Crippen LogP contribution in [0.1, 0.15) is 51.7 Å². The van der Waals surface area contributed by atoms with Gasteiger partial charge in [-0.3, -0.25) is 4.79 Å². The average molecular weight is 358 g/mol. The Morgan fingerprint density at radius 2 is 1.96 bits per heavy atom. The molecule has 1 aliphatic heterocycles. The zero-order valence-electron chi connectivity index (χ0n) is 14.3. The summed E-state index contributed by atoms with van der Waals surface area (Å²) in [7, 11) is 1.91. The molecule has 1 amide bonds. The van der Waals surface area contributed by atoms with Crippen molar-refractivity contribution in [2.45, 2.75) is 37.5 Å². The highest BCUT2D eigenvalue weighted by Crippen LogP contribution is 2.38. The van der Waals surface area contributed by atoms with E-state index in [1.807, 2.05) is 18.0 Å². The van der Waals surface area contributed by atoms with Crippen molar-refractivity contribution in [3.8, 4) is 0 Å². The first kappa shape index (κ1) is 16.7. The fourth-order valence-corrected chi connectivity index (χ4v) is 4.71. The van der Waals surface area contributed by atoms with Gasteiger partial charge in [-0.15, -0.1) is 11.3 Å². The maximum absolute atomic E-state index is 13.0.